The fraction of sp³-hybridized carbons (Fsp3) is 0.222. The van der Waals surface area contributed by atoms with Crippen LogP contribution < -0.4 is 10.5 Å². The van der Waals surface area contributed by atoms with E-state index >= 15 is 0 Å². The summed E-state index contributed by atoms with van der Waals surface area (Å²) < 4.78 is 9.47. The number of benzene rings is 1. The zero-order chi connectivity index (χ0) is 19.5. The topological polar surface area (TPSA) is 125 Å². The molecule has 8 heteroatoms. The molecule has 0 aliphatic rings. The summed E-state index contributed by atoms with van der Waals surface area (Å²) >= 11 is 0. The molecule has 0 saturated heterocycles. The number of rotatable bonds is 5. The van der Waals surface area contributed by atoms with Crippen LogP contribution in [-0.2, 0) is 14.3 Å². The van der Waals surface area contributed by atoms with E-state index in [1.165, 1.54) is 7.11 Å². The molecule has 1 aromatic carbocycles. The molecule has 1 aromatic heterocycles. The Morgan fingerprint density at radius 2 is 1.81 bits per heavy atom. The molecule has 2 rings (SSSR count). The van der Waals surface area contributed by atoms with Gasteiger partial charge in [-0.2, -0.15) is 5.10 Å². The van der Waals surface area contributed by atoms with Crippen molar-refractivity contribution in [3.63, 3.8) is 0 Å². The van der Waals surface area contributed by atoms with Crippen LogP contribution in [0.15, 0.2) is 42.5 Å². The fourth-order valence-corrected chi connectivity index (χ4v) is 1.64. The highest BCUT2D eigenvalue weighted by Gasteiger charge is 2.13. The number of esters is 1. The molecule has 0 atom stereocenters. The van der Waals surface area contributed by atoms with Crippen LogP contribution in [0.1, 0.15) is 18.2 Å². The molecular weight excluding hydrogens is 338 g/mol. The van der Waals surface area contributed by atoms with Gasteiger partial charge < -0.3 is 20.3 Å². The number of nitrogens with two attached hydrogens (primary N) is 1. The molecule has 0 amide bonds. The molecule has 0 fully saturated rings. The zero-order valence-electron chi connectivity index (χ0n) is 14.8. The highest BCUT2D eigenvalue weighted by molar-refractivity contribution is 6.39. The predicted molar refractivity (Wildman–Crippen MR) is 96.4 cm³/mol. The number of aliphatic hydroxyl groups excluding tert-OH is 1. The van der Waals surface area contributed by atoms with Crippen LogP contribution in [0.2, 0.25) is 0 Å². The molecule has 0 saturated carbocycles. The lowest BCUT2D eigenvalue weighted by Crippen LogP contribution is -2.15. The average Bonchev–Trinajstić information content (AvgIpc) is 2.65. The maximum absolute atomic E-state index is 11.3. The number of aliphatic hydroxyl groups is 1. The van der Waals surface area contributed by atoms with Gasteiger partial charge in [-0.25, -0.2) is 4.79 Å². The second kappa shape index (κ2) is 10.4. The van der Waals surface area contributed by atoms with Gasteiger partial charge in [0.25, 0.3) is 5.78 Å². The molecular formula is C18H21N3O5. The summed E-state index contributed by atoms with van der Waals surface area (Å²) in [6, 6.07) is 9.96. The van der Waals surface area contributed by atoms with Gasteiger partial charge in [0.2, 0.25) is 0 Å². The van der Waals surface area contributed by atoms with E-state index in [1.807, 2.05) is 13.0 Å². The van der Waals surface area contributed by atoms with Crippen molar-refractivity contribution in [2.24, 2.45) is 0 Å². The van der Waals surface area contributed by atoms with Gasteiger partial charge in [-0.1, -0.05) is 0 Å². The van der Waals surface area contributed by atoms with Crippen molar-refractivity contribution in [2.75, 3.05) is 19.5 Å². The van der Waals surface area contributed by atoms with E-state index in [2.05, 4.69) is 14.9 Å². The number of carbonyl (C=O) groups excluding carboxylic acids is 2. The van der Waals surface area contributed by atoms with Crippen molar-refractivity contribution in [3.8, 4) is 5.75 Å². The molecule has 138 valence electrons. The average molecular weight is 359 g/mol. The Bertz CT molecular complexity index is 734. The summed E-state index contributed by atoms with van der Waals surface area (Å²) in [6.45, 7) is 3.58. The maximum Gasteiger partial charge on any atom is 0.379 e. The number of aryl methyl sites for hydroxylation is 1. The first kappa shape index (κ1) is 20.6. The third-order valence-electron chi connectivity index (χ3n) is 2.95. The Labute approximate surface area is 151 Å². The van der Waals surface area contributed by atoms with Gasteiger partial charge in [0.1, 0.15) is 17.3 Å². The van der Waals surface area contributed by atoms with E-state index in [1.54, 1.807) is 37.3 Å². The SMILES string of the molecule is CCOC(=O)C(=O)C=C(O)c1ccc(OC)cc1.Cc1ccc(N)nn1. The second-order valence-electron chi connectivity index (χ2n) is 4.94. The summed E-state index contributed by atoms with van der Waals surface area (Å²) in [5.74, 6) is -1.09. The quantitative estimate of drug-likeness (QED) is 0.360. The van der Waals surface area contributed by atoms with E-state index < -0.39 is 11.8 Å². The van der Waals surface area contributed by atoms with Gasteiger partial charge >= 0.3 is 5.97 Å². The fourth-order valence-electron chi connectivity index (χ4n) is 1.64. The minimum absolute atomic E-state index is 0.113. The normalized spacial score (nSPS) is 10.3. The van der Waals surface area contributed by atoms with Crippen LogP contribution >= 0.6 is 0 Å². The van der Waals surface area contributed by atoms with Crippen molar-refractivity contribution in [3.05, 3.63) is 53.7 Å². The first-order valence-corrected chi connectivity index (χ1v) is 7.69. The minimum atomic E-state index is -0.988. The molecule has 26 heavy (non-hydrogen) atoms. The molecule has 0 bridgehead atoms. The van der Waals surface area contributed by atoms with Crippen LogP contribution in [0.5, 0.6) is 5.75 Å². The number of ketones is 1. The number of hydrogen-bond acceptors (Lipinski definition) is 8. The smallest absolute Gasteiger partial charge is 0.379 e. The largest absolute Gasteiger partial charge is 0.507 e. The molecule has 3 N–H and O–H groups in total. The molecule has 2 aromatic rings. The highest BCUT2D eigenvalue weighted by Crippen LogP contribution is 2.16. The third kappa shape index (κ3) is 7.00. The molecule has 0 unspecified atom stereocenters. The van der Waals surface area contributed by atoms with Crippen LogP contribution in [0.3, 0.4) is 0 Å². The Kier molecular flexibility index (Phi) is 8.29. The van der Waals surface area contributed by atoms with Crippen LogP contribution in [-0.4, -0.2) is 40.8 Å². The molecule has 0 spiro atoms. The van der Waals surface area contributed by atoms with E-state index in [-0.39, 0.29) is 12.4 Å². The lowest BCUT2D eigenvalue weighted by atomic mass is 10.1. The van der Waals surface area contributed by atoms with Gasteiger partial charge in [-0.3, -0.25) is 4.79 Å². The van der Waals surface area contributed by atoms with E-state index in [9.17, 15) is 14.7 Å². The number of hydrogen-bond donors (Lipinski definition) is 2. The van der Waals surface area contributed by atoms with E-state index in [0.29, 0.717) is 17.1 Å². The standard InChI is InChI=1S/C13H14O5.C5H7N3/c1-3-18-13(16)12(15)8-11(14)9-4-6-10(17-2)7-5-9;1-4-2-3-5(6)8-7-4/h4-8,14H,3H2,1-2H3;2-3H,1H3,(H2,6,8). The Balaban J connectivity index is 0.000000350. The first-order valence-electron chi connectivity index (χ1n) is 7.69. The number of carbonyl (C=O) groups is 2. The van der Waals surface area contributed by atoms with Gasteiger partial charge in [0.15, 0.2) is 0 Å². The third-order valence-corrected chi connectivity index (χ3v) is 2.95. The number of nitrogens with zero attached hydrogens (tertiary/aromatic N) is 2. The Morgan fingerprint density at radius 3 is 2.27 bits per heavy atom. The van der Waals surface area contributed by atoms with Crippen LogP contribution in [0.25, 0.3) is 5.76 Å². The van der Waals surface area contributed by atoms with E-state index in [4.69, 9.17) is 10.5 Å². The summed E-state index contributed by atoms with van der Waals surface area (Å²) in [6.07, 6.45) is 0.833. The van der Waals surface area contributed by atoms with Crippen LogP contribution in [0.4, 0.5) is 5.82 Å². The monoisotopic (exact) mass is 359 g/mol. The molecule has 0 radical (unpaired) electrons. The summed E-state index contributed by atoms with van der Waals surface area (Å²) in [4.78, 5) is 22.4. The lowest BCUT2D eigenvalue weighted by molar-refractivity contribution is -0.151. The summed E-state index contributed by atoms with van der Waals surface area (Å²) in [5, 5.41) is 17.0. The van der Waals surface area contributed by atoms with Gasteiger partial charge in [0, 0.05) is 11.6 Å². The summed E-state index contributed by atoms with van der Waals surface area (Å²) in [5.41, 5.74) is 6.55. The number of aromatic nitrogens is 2. The summed E-state index contributed by atoms with van der Waals surface area (Å²) in [7, 11) is 1.52. The predicted octanol–water partition coefficient (Wildman–Crippen LogP) is 2.09. The van der Waals surface area contributed by atoms with E-state index in [0.717, 1.165) is 11.8 Å². The van der Waals surface area contributed by atoms with Crippen LogP contribution in [0, 0.1) is 6.92 Å². The molecule has 0 aliphatic heterocycles. The lowest BCUT2D eigenvalue weighted by Gasteiger charge is -2.02. The molecule has 8 nitrogen and oxygen atoms in total. The van der Waals surface area contributed by atoms with Crippen molar-refractivity contribution in [2.45, 2.75) is 13.8 Å². The maximum atomic E-state index is 11.3. The van der Waals surface area contributed by atoms with Gasteiger partial charge in [-0.05, 0) is 50.2 Å². The van der Waals surface area contributed by atoms with Crippen molar-refractivity contribution < 1.29 is 24.2 Å². The highest BCUT2D eigenvalue weighted by atomic mass is 16.5. The van der Waals surface area contributed by atoms with Gasteiger partial charge in [-0.15, -0.1) is 5.10 Å². The number of nitrogen functional groups attached to an aromatic ring is 1. The van der Waals surface area contributed by atoms with Crippen molar-refractivity contribution >= 4 is 23.3 Å². The first-order chi connectivity index (χ1) is 12.4. The Morgan fingerprint density at radius 1 is 1.15 bits per heavy atom. The van der Waals surface area contributed by atoms with Gasteiger partial charge in [0.05, 0.1) is 19.4 Å². The molecule has 1 heterocycles. The number of anilines is 1. The van der Waals surface area contributed by atoms with Crippen molar-refractivity contribution in [1.29, 1.82) is 0 Å². The van der Waals surface area contributed by atoms with Crippen molar-refractivity contribution in [1.82, 2.24) is 10.2 Å². The number of methoxy groups -OCH3 is 1. The molecule has 0 aliphatic carbocycles. The second-order valence-corrected chi connectivity index (χ2v) is 4.94. The minimum Gasteiger partial charge on any atom is -0.507 e. The number of ether oxygens (including phenoxy) is 2. The Hall–Kier alpha value is -3.42. The zero-order valence-corrected chi connectivity index (χ0v) is 14.8.